The van der Waals surface area contributed by atoms with E-state index < -0.39 is 0 Å². The number of rotatable bonds is 0. The Balaban J connectivity index is 1.47. The lowest BCUT2D eigenvalue weighted by atomic mass is 9.89. The van der Waals surface area contributed by atoms with E-state index in [4.69, 9.17) is 15.0 Å². The lowest BCUT2D eigenvalue weighted by Crippen LogP contribution is -2.17. The van der Waals surface area contributed by atoms with Crippen LogP contribution in [-0.4, -0.2) is 31.5 Å². The molecule has 0 aliphatic heterocycles. The molecule has 0 saturated carbocycles. The van der Waals surface area contributed by atoms with Crippen molar-refractivity contribution < 1.29 is 9.59 Å². The summed E-state index contributed by atoms with van der Waals surface area (Å²) >= 11 is 0. The van der Waals surface area contributed by atoms with Crippen LogP contribution in [0.25, 0.3) is 33.8 Å². The molecule has 3 aliphatic carbocycles. The van der Waals surface area contributed by atoms with E-state index in [2.05, 4.69) is 23.2 Å². The summed E-state index contributed by atoms with van der Waals surface area (Å²) in [7, 11) is 0. The van der Waals surface area contributed by atoms with E-state index in [0.29, 0.717) is 16.9 Å². The van der Waals surface area contributed by atoms with E-state index in [1.54, 1.807) is 0 Å². The second kappa shape index (κ2) is 7.22. The van der Waals surface area contributed by atoms with Crippen LogP contribution in [0.2, 0.25) is 0 Å². The SMILES string of the molecule is O=C1C=CC(=O)c2nc3c(cc21)CCCCc1cc2cc4c(nc2nc1-3)-c1ncccc1CC4. The minimum Gasteiger partial charge on any atom is -0.289 e. The summed E-state index contributed by atoms with van der Waals surface area (Å²) in [6, 6.07) is 10.3. The van der Waals surface area contributed by atoms with Gasteiger partial charge in [0.05, 0.1) is 28.3 Å². The van der Waals surface area contributed by atoms with Crippen molar-refractivity contribution in [1.82, 2.24) is 19.9 Å². The van der Waals surface area contributed by atoms with Gasteiger partial charge in [-0.25, -0.2) is 15.0 Å². The molecule has 4 heterocycles. The first kappa shape index (κ1) is 19.4. The molecule has 6 nitrogen and oxygen atoms in total. The lowest BCUT2D eigenvalue weighted by Gasteiger charge is -2.21. The normalized spacial score (nSPS) is 16.1. The molecular weight excluding hydrogens is 424 g/mol. The van der Waals surface area contributed by atoms with E-state index in [1.807, 2.05) is 18.3 Å². The highest BCUT2D eigenvalue weighted by atomic mass is 16.1. The van der Waals surface area contributed by atoms with E-state index in [9.17, 15) is 9.59 Å². The van der Waals surface area contributed by atoms with Crippen LogP contribution in [0.15, 0.2) is 48.7 Å². The summed E-state index contributed by atoms with van der Waals surface area (Å²) in [4.78, 5) is 44.3. The Morgan fingerprint density at radius 1 is 0.618 bits per heavy atom. The molecule has 7 rings (SSSR count). The van der Waals surface area contributed by atoms with Crippen molar-refractivity contribution in [3.05, 3.63) is 82.2 Å². The first-order chi connectivity index (χ1) is 16.7. The van der Waals surface area contributed by atoms with E-state index in [0.717, 1.165) is 72.1 Å². The first-order valence-electron chi connectivity index (χ1n) is 11.7. The largest absolute Gasteiger partial charge is 0.289 e. The summed E-state index contributed by atoms with van der Waals surface area (Å²) in [6.07, 6.45) is 10.1. The van der Waals surface area contributed by atoms with Gasteiger partial charge in [-0.15, -0.1) is 0 Å². The molecule has 3 aliphatic rings. The molecule has 164 valence electrons. The second-order valence-electron chi connectivity index (χ2n) is 9.21. The molecule has 0 fully saturated rings. The maximum absolute atomic E-state index is 12.5. The number of carbonyl (C=O) groups excluding carboxylic acids is 2. The Kier molecular flexibility index (Phi) is 4.12. The Labute approximate surface area is 195 Å². The van der Waals surface area contributed by atoms with Crippen molar-refractivity contribution in [2.75, 3.05) is 0 Å². The van der Waals surface area contributed by atoms with Crippen molar-refractivity contribution in [2.24, 2.45) is 0 Å². The molecule has 0 aromatic carbocycles. The lowest BCUT2D eigenvalue weighted by molar-refractivity contribution is 0.0990. The van der Waals surface area contributed by atoms with Gasteiger partial charge in [-0.1, -0.05) is 6.07 Å². The molecule has 4 aromatic heterocycles. The van der Waals surface area contributed by atoms with Gasteiger partial charge in [-0.3, -0.25) is 14.6 Å². The average molecular weight is 444 g/mol. The first-order valence-corrected chi connectivity index (χ1v) is 11.7. The number of fused-ring (bicyclic) bond motifs is 8. The van der Waals surface area contributed by atoms with E-state index in [-0.39, 0.29) is 17.3 Å². The predicted octanol–water partition coefficient (Wildman–Crippen LogP) is 4.67. The number of aromatic nitrogens is 4. The van der Waals surface area contributed by atoms with Crippen molar-refractivity contribution >= 4 is 22.6 Å². The molecule has 6 heteroatoms. The summed E-state index contributed by atoms with van der Waals surface area (Å²) in [5, 5.41) is 1.02. The van der Waals surface area contributed by atoms with Crippen LogP contribution in [0.1, 0.15) is 55.9 Å². The van der Waals surface area contributed by atoms with Gasteiger partial charge in [-0.2, -0.15) is 0 Å². The van der Waals surface area contributed by atoms with Crippen molar-refractivity contribution in [3.63, 3.8) is 0 Å². The van der Waals surface area contributed by atoms with Gasteiger partial charge >= 0.3 is 0 Å². The van der Waals surface area contributed by atoms with E-state index in [1.165, 1.54) is 23.3 Å². The molecule has 0 spiro atoms. The fourth-order valence-electron chi connectivity index (χ4n) is 5.38. The van der Waals surface area contributed by atoms with Gasteiger partial charge in [0.1, 0.15) is 5.69 Å². The van der Waals surface area contributed by atoms with Gasteiger partial charge < -0.3 is 0 Å². The van der Waals surface area contributed by atoms with E-state index >= 15 is 0 Å². The highest BCUT2D eigenvalue weighted by Crippen LogP contribution is 2.36. The average Bonchev–Trinajstić information content (AvgIpc) is 2.86. The van der Waals surface area contributed by atoms with Crippen molar-refractivity contribution in [1.29, 1.82) is 0 Å². The molecule has 0 atom stereocenters. The Morgan fingerprint density at radius 2 is 1.26 bits per heavy atom. The van der Waals surface area contributed by atoms with Crippen LogP contribution in [0.5, 0.6) is 0 Å². The fraction of sp³-hybridized carbons (Fsp3) is 0.214. The molecule has 34 heavy (non-hydrogen) atoms. The Bertz CT molecular complexity index is 1600. The van der Waals surface area contributed by atoms with Crippen LogP contribution < -0.4 is 0 Å². The standard InChI is InChI=1S/C28H20N4O2/c33-21-9-10-22(34)27-20(21)14-17-5-2-1-4-16-12-19-13-18-8-7-15-6-3-11-29-23(15)24(18)31-28(19)32-26(16)25(17)30-27/h3,6,9-14H,1-2,4-5,7-8H2. The second-order valence-corrected chi connectivity index (χ2v) is 9.21. The van der Waals surface area contributed by atoms with Crippen LogP contribution >= 0.6 is 0 Å². The molecule has 0 N–H and O–H groups in total. The highest BCUT2D eigenvalue weighted by molar-refractivity contribution is 6.21. The van der Waals surface area contributed by atoms with Crippen LogP contribution in [0, 0.1) is 0 Å². The van der Waals surface area contributed by atoms with Crippen molar-refractivity contribution in [3.8, 4) is 22.8 Å². The molecule has 0 saturated heterocycles. The zero-order chi connectivity index (χ0) is 22.8. The Morgan fingerprint density at radius 3 is 2.09 bits per heavy atom. The third-order valence-corrected chi connectivity index (χ3v) is 7.09. The minimum atomic E-state index is -0.239. The van der Waals surface area contributed by atoms with Gasteiger partial charge in [0.25, 0.3) is 0 Å². The molecular formula is C28H20N4O2. The van der Waals surface area contributed by atoms with Crippen molar-refractivity contribution in [2.45, 2.75) is 38.5 Å². The smallest absolute Gasteiger partial charge is 0.205 e. The molecule has 0 radical (unpaired) electrons. The zero-order valence-electron chi connectivity index (χ0n) is 18.5. The quantitative estimate of drug-likeness (QED) is 0.392. The van der Waals surface area contributed by atoms with Crippen LogP contribution in [-0.2, 0) is 25.7 Å². The summed E-state index contributed by atoms with van der Waals surface area (Å²) < 4.78 is 0. The number of aryl methyl sites for hydroxylation is 4. The molecule has 0 unspecified atom stereocenters. The maximum atomic E-state index is 12.5. The predicted molar refractivity (Wildman–Crippen MR) is 128 cm³/mol. The topological polar surface area (TPSA) is 85.7 Å². The zero-order valence-corrected chi connectivity index (χ0v) is 18.5. The van der Waals surface area contributed by atoms with Gasteiger partial charge in [0, 0.05) is 11.6 Å². The summed E-state index contributed by atoms with van der Waals surface area (Å²) in [6.45, 7) is 0. The number of ketones is 2. The molecule has 4 aromatic rings. The Hall–Kier alpha value is -4.06. The number of pyridine rings is 4. The maximum Gasteiger partial charge on any atom is 0.205 e. The molecule has 0 bridgehead atoms. The van der Waals surface area contributed by atoms with Gasteiger partial charge in [0.15, 0.2) is 11.4 Å². The van der Waals surface area contributed by atoms with Gasteiger partial charge in [-0.05, 0) is 97.2 Å². The van der Waals surface area contributed by atoms with Crippen LogP contribution in [0.4, 0.5) is 0 Å². The number of nitrogens with zero attached hydrogens (tertiary/aromatic N) is 4. The number of carbonyl (C=O) groups is 2. The monoisotopic (exact) mass is 444 g/mol. The minimum absolute atomic E-state index is 0.168. The molecule has 0 amide bonds. The highest BCUT2D eigenvalue weighted by Gasteiger charge is 2.27. The van der Waals surface area contributed by atoms with Gasteiger partial charge in [0.2, 0.25) is 5.78 Å². The number of allylic oxidation sites excluding steroid dienone is 2. The number of hydrogen-bond acceptors (Lipinski definition) is 6. The third kappa shape index (κ3) is 2.88. The fourth-order valence-corrected chi connectivity index (χ4v) is 5.38. The third-order valence-electron chi connectivity index (χ3n) is 7.09. The number of hydrogen-bond donors (Lipinski definition) is 0. The van der Waals surface area contributed by atoms with Crippen LogP contribution in [0.3, 0.4) is 0 Å². The summed E-state index contributed by atoms with van der Waals surface area (Å²) in [5.74, 6) is -0.408. The summed E-state index contributed by atoms with van der Waals surface area (Å²) in [5.41, 5.74) is 9.06.